The van der Waals surface area contributed by atoms with Crippen LogP contribution in [0, 0.1) is 0 Å². The SMILES string of the molecule is CNC(=O)CNC(=O)c1ccc(OC2CCN(CCc3ccccc3)CC2)cc1. The number of likely N-dealkylation sites (N-methyl/N-ethyl adjacent to an activating group) is 1. The number of rotatable bonds is 8. The predicted octanol–water partition coefficient (Wildman–Crippen LogP) is 2.25. The van der Waals surface area contributed by atoms with E-state index < -0.39 is 0 Å². The first-order chi connectivity index (χ1) is 14.1. The minimum atomic E-state index is -0.271. The second kappa shape index (κ2) is 10.6. The smallest absolute Gasteiger partial charge is 0.251 e. The van der Waals surface area contributed by atoms with Crippen molar-refractivity contribution in [3.05, 3.63) is 65.7 Å². The molecule has 1 aliphatic rings. The van der Waals surface area contributed by atoms with E-state index in [1.807, 2.05) is 12.1 Å². The highest BCUT2D eigenvalue weighted by Gasteiger charge is 2.20. The van der Waals surface area contributed by atoms with Gasteiger partial charge in [0.2, 0.25) is 5.91 Å². The maximum Gasteiger partial charge on any atom is 0.251 e. The molecular formula is C23H29N3O3. The number of likely N-dealkylation sites (tertiary alicyclic amines) is 1. The number of nitrogens with zero attached hydrogens (tertiary/aromatic N) is 1. The van der Waals surface area contributed by atoms with Crippen molar-refractivity contribution in [2.24, 2.45) is 0 Å². The lowest BCUT2D eigenvalue weighted by atomic mass is 10.1. The lowest BCUT2D eigenvalue weighted by Gasteiger charge is -2.32. The minimum Gasteiger partial charge on any atom is -0.490 e. The fraction of sp³-hybridized carbons (Fsp3) is 0.391. The normalized spacial score (nSPS) is 14.9. The van der Waals surface area contributed by atoms with Crippen molar-refractivity contribution < 1.29 is 14.3 Å². The number of hydrogen-bond donors (Lipinski definition) is 2. The molecule has 0 atom stereocenters. The summed E-state index contributed by atoms with van der Waals surface area (Å²) in [6.07, 6.45) is 3.29. The van der Waals surface area contributed by atoms with Crippen LogP contribution in [0.1, 0.15) is 28.8 Å². The highest BCUT2D eigenvalue weighted by atomic mass is 16.5. The third kappa shape index (κ3) is 6.61. The van der Waals surface area contributed by atoms with Crippen molar-refractivity contribution in [3.63, 3.8) is 0 Å². The van der Waals surface area contributed by atoms with E-state index in [4.69, 9.17) is 4.74 Å². The van der Waals surface area contributed by atoms with Gasteiger partial charge in [-0.25, -0.2) is 0 Å². The molecule has 154 valence electrons. The zero-order chi connectivity index (χ0) is 20.5. The topological polar surface area (TPSA) is 70.7 Å². The number of nitrogens with one attached hydrogen (secondary N) is 2. The van der Waals surface area contributed by atoms with Crippen LogP contribution in [-0.4, -0.2) is 56.0 Å². The highest BCUT2D eigenvalue weighted by Crippen LogP contribution is 2.20. The fourth-order valence-electron chi connectivity index (χ4n) is 3.41. The lowest BCUT2D eigenvalue weighted by Crippen LogP contribution is -2.39. The number of carbonyl (C=O) groups excluding carboxylic acids is 2. The standard InChI is InChI=1S/C23H29N3O3/c1-24-22(27)17-25-23(28)19-7-9-20(10-8-19)29-21-12-15-26(16-13-21)14-11-18-5-3-2-4-6-18/h2-10,21H,11-17H2,1H3,(H,24,27)(H,25,28). The second-order valence-corrected chi connectivity index (χ2v) is 7.27. The molecule has 1 heterocycles. The molecule has 2 amide bonds. The number of carbonyl (C=O) groups is 2. The summed E-state index contributed by atoms with van der Waals surface area (Å²) in [5, 5.41) is 5.05. The number of piperidine rings is 1. The molecule has 0 bridgehead atoms. The molecule has 29 heavy (non-hydrogen) atoms. The van der Waals surface area contributed by atoms with Crippen LogP contribution >= 0.6 is 0 Å². The van der Waals surface area contributed by atoms with Gasteiger partial charge in [0.15, 0.2) is 0 Å². The Hall–Kier alpha value is -2.86. The van der Waals surface area contributed by atoms with E-state index in [2.05, 4.69) is 45.9 Å². The number of amides is 2. The Bertz CT molecular complexity index is 785. The van der Waals surface area contributed by atoms with Gasteiger partial charge in [0, 0.05) is 32.2 Å². The number of benzene rings is 2. The molecule has 0 spiro atoms. The molecule has 6 heteroatoms. The van der Waals surface area contributed by atoms with E-state index in [-0.39, 0.29) is 24.5 Å². The fourth-order valence-corrected chi connectivity index (χ4v) is 3.41. The van der Waals surface area contributed by atoms with Crippen molar-refractivity contribution in [3.8, 4) is 5.75 Å². The average Bonchev–Trinajstić information content (AvgIpc) is 2.78. The van der Waals surface area contributed by atoms with Crippen molar-refractivity contribution >= 4 is 11.8 Å². The highest BCUT2D eigenvalue weighted by molar-refractivity contribution is 5.96. The summed E-state index contributed by atoms with van der Waals surface area (Å²) < 4.78 is 6.09. The molecule has 1 saturated heterocycles. The Morgan fingerprint density at radius 3 is 2.38 bits per heavy atom. The first-order valence-electron chi connectivity index (χ1n) is 10.2. The van der Waals surface area contributed by atoms with Crippen molar-refractivity contribution in [2.45, 2.75) is 25.4 Å². The van der Waals surface area contributed by atoms with Gasteiger partial charge in [0.1, 0.15) is 11.9 Å². The van der Waals surface area contributed by atoms with Gasteiger partial charge >= 0.3 is 0 Å². The van der Waals surface area contributed by atoms with E-state index in [1.54, 1.807) is 12.1 Å². The van der Waals surface area contributed by atoms with Gasteiger partial charge in [0.05, 0.1) is 6.54 Å². The van der Waals surface area contributed by atoms with Crippen LogP contribution in [0.5, 0.6) is 5.75 Å². The third-order valence-electron chi connectivity index (χ3n) is 5.20. The van der Waals surface area contributed by atoms with Crippen molar-refractivity contribution in [1.82, 2.24) is 15.5 Å². The predicted molar refractivity (Wildman–Crippen MR) is 113 cm³/mol. The van der Waals surface area contributed by atoms with Crippen LogP contribution in [0.2, 0.25) is 0 Å². The molecule has 1 aliphatic heterocycles. The molecule has 6 nitrogen and oxygen atoms in total. The van der Waals surface area contributed by atoms with Gasteiger partial charge in [-0.1, -0.05) is 30.3 Å². The molecule has 0 radical (unpaired) electrons. The van der Waals surface area contributed by atoms with Crippen LogP contribution < -0.4 is 15.4 Å². The molecule has 0 aliphatic carbocycles. The van der Waals surface area contributed by atoms with Crippen molar-refractivity contribution in [1.29, 1.82) is 0 Å². The average molecular weight is 396 g/mol. The Balaban J connectivity index is 1.40. The van der Waals surface area contributed by atoms with Gasteiger partial charge in [0.25, 0.3) is 5.91 Å². The lowest BCUT2D eigenvalue weighted by molar-refractivity contribution is -0.119. The van der Waals surface area contributed by atoms with Crippen LogP contribution in [-0.2, 0) is 11.2 Å². The maximum atomic E-state index is 12.0. The van der Waals surface area contributed by atoms with E-state index >= 15 is 0 Å². The van der Waals surface area contributed by atoms with Crippen molar-refractivity contribution in [2.75, 3.05) is 33.2 Å². The van der Waals surface area contributed by atoms with Gasteiger partial charge in [-0.2, -0.15) is 0 Å². The summed E-state index contributed by atoms with van der Waals surface area (Å²) >= 11 is 0. The number of hydrogen-bond acceptors (Lipinski definition) is 4. The summed E-state index contributed by atoms with van der Waals surface area (Å²) in [4.78, 5) is 25.7. The summed E-state index contributed by atoms with van der Waals surface area (Å²) in [5.74, 6) is 0.274. The van der Waals surface area contributed by atoms with Crippen LogP contribution in [0.25, 0.3) is 0 Å². The molecule has 2 N–H and O–H groups in total. The molecule has 0 aromatic heterocycles. The summed E-state index contributed by atoms with van der Waals surface area (Å²) in [5.41, 5.74) is 1.89. The number of ether oxygens (including phenoxy) is 1. The Labute approximate surface area is 172 Å². The Morgan fingerprint density at radius 1 is 1.03 bits per heavy atom. The zero-order valence-electron chi connectivity index (χ0n) is 16.9. The molecule has 1 fully saturated rings. The van der Waals surface area contributed by atoms with Crippen LogP contribution in [0.4, 0.5) is 0 Å². The quantitative estimate of drug-likeness (QED) is 0.719. The summed E-state index contributed by atoms with van der Waals surface area (Å²) in [6.45, 7) is 3.13. The third-order valence-corrected chi connectivity index (χ3v) is 5.20. The van der Waals surface area contributed by atoms with E-state index in [0.29, 0.717) is 5.56 Å². The van der Waals surface area contributed by atoms with Crippen LogP contribution in [0.3, 0.4) is 0 Å². The second-order valence-electron chi connectivity index (χ2n) is 7.27. The van der Waals surface area contributed by atoms with E-state index in [0.717, 1.165) is 44.6 Å². The largest absolute Gasteiger partial charge is 0.490 e. The molecule has 0 saturated carbocycles. The van der Waals surface area contributed by atoms with Crippen LogP contribution in [0.15, 0.2) is 54.6 Å². The summed E-state index contributed by atoms with van der Waals surface area (Å²) in [6, 6.07) is 17.7. The molecular weight excluding hydrogens is 366 g/mol. The van der Waals surface area contributed by atoms with Gasteiger partial charge in [-0.3, -0.25) is 9.59 Å². The molecule has 2 aromatic carbocycles. The Morgan fingerprint density at radius 2 is 1.72 bits per heavy atom. The first kappa shape index (κ1) is 20.9. The van der Waals surface area contributed by atoms with E-state index in [1.165, 1.54) is 12.6 Å². The minimum absolute atomic E-state index is 0.0313. The first-order valence-corrected chi connectivity index (χ1v) is 10.2. The maximum absolute atomic E-state index is 12.0. The van der Waals surface area contributed by atoms with Gasteiger partial charge < -0.3 is 20.3 Å². The zero-order valence-corrected chi connectivity index (χ0v) is 16.9. The molecule has 3 rings (SSSR count). The summed E-state index contributed by atoms with van der Waals surface area (Å²) in [7, 11) is 1.54. The van der Waals surface area contributed by atoms with Gasteiger partial charge in [-0.05, 0) is 49.1 Å². The molecule has 2 aromatic rings. The molecule has 0 unspecified atom stereocenters. The van der Waals surface area contributed by atoms with E-state index in [9.17, 15) is 9.59 Å². The van der Waals surface area contributed by atoms with Gasteiger partial charge in [-0.15, -0.1) is 0 Å². The Kier molecular flexibility index (Phi) is 7.64. The monoisotopic (exact) mass is 395 g/mol.